The summed E-state index contributed by atoms with van der Waals surface area (Å²) in [6.45, 7) is 1.45. The predicted molar refractivity (Wildman–Crippen MR) is 113 cm³/mol. The molecule has 1 aromatic carbocycles. The van der Waals surface area contributed by atoms with Crippen molar-refractivity contribution < 1.29 is 19.4 Å². The number of carbonyl (C=O) groups is 1. The summed E-state index contributed by atoms with van der Waals surface area (Å²) >= 11 is 5.82. The van der Waals surface area contributed by atoms with Crippen LogP contribution in [0.3, 0.4) is 0 Å². The molecule has 0 spiro atoms. The van der Waals surface area contributed by atoms with Crippen molar-refractivity contribution in [2.24, 2.45) is 20.0 Å². The van der Waals surface area contributed by atoms with Crippen LogP contribution in [0.15, 0.2) is 40.2 Å². The van der Waals surface area contributed by atoms with Crippen molar-refractivity contribution in [1.82, 2.24) is 18.7 Å². The molecular weight excluding hydrogens is 428 g/mol. The molecule has 0 saturated carbocycles. The van der Waals surface area contributed by atoms with Gasteiger partial charge in [0.2, 0.25) is 0 Å². The number of aromatic nitrogens is 4. The van der Waals surface area contributed by atoms with Gasteiger partial charge >= 0.3 is 11.7 Å². The van der Waals surface area contributed by atoms with Gasteiger partial charge in [0.15, 0.2) is 11.2 Å². The van der Waals surface area contributed by atoms with E-state index in [0.29, 0.717) is 10.8 Å². The number of imidazole rings is 1. The number of aliphatic hydroxyl groups excluding tert-OH is 1. The van der Waals surface area contributed by atoms with Crippen LogP contribution >= 0.6 is 11.6 Å². The maximum Gasteiger partial charge on any atom is 0.332 e. The SMILES string of the molecule is CC(COc1ccc(Cl)cc1)C(=O)OCC(O)Cn1cnc2c1c(=O)n(C)c(=O)n2C. The van der Waals surface area contributed by atoms with Crippen LogP contribution in [0.2, 0.25) is 5.02 Å². The standard InChI is InChI=1S/C20H23ClN4O6/c1-12(9-30-15-6-4-13(21)5-7-15)19(28)31-10-14(26)8-25-11-22-17-16(25)18(27)24(3)20(29)23(17)2/h4-7,11-12,14,26H,8-10H2,1-3H3. The molecule has 0 radical (unpaired) electrons. The number of carbonyl (C=O) groups excluding carboxylic acids is 1. The van der Waals surface area contributed by atoms with Gasteiger partial charge < -0.3 is 19.1 Å². The van der Waals surface area contributed by atoms with Crippen LogP contribution in [0.25, 0.3) is 11.2 Å². The molecule has 31 heavy (non-hydrogen) atoms. The van der Waals surface area contributed by atoms with E-state index in [-0.39, 0.29) is 30.9 Å². The van der Waals surface area contributed by atoms with Crippen LogP contribution in [0, 0.1) is 5.92 Å². The molecule has 0 aliphatic heterocycles. The van der Waals surface area contributed by atoms with Crippen molar-refractivity contribution in [2.75, 3.05) is 13.2 Å². The van der Waals surface area contributed by atoms with Crippen molar-refractivity contribution in [3.8, 4) is 5.75 Å². The molecule has 2 unspecified atom stereocenters. The van der Waals surface area contributed by atoms with E-state index in [1.165, 1.54) is 29.6 Å². The summed E-state index contributed by atoms with van der Waals surface area (Å²) in [7, 11) is 2.88. The first-order valence-electron chi connectivity index (χ1n) is 9.53. The smallest absolute Gasteiger partial charge is 0.332 e. The van der Waals surface area contributed by atoms with Gasteiger partial charge in [-0.15, -0.1) is 0 Å². The molecule has 11 heteroatoms. The maximum absolute atomic E-state index is 12.4. The first-order chi connectivity index (χ1) is 14.7. The van der Waals surface area contributed by atoms with Crippen LogP contribution in [-0.4, -0.2) is 49.1 Å². The first kappa shape index (κ1) is 22.6. The van der Waals surface area contributed by atoms with Gasteiger partial charge in [0, 0.05) is 19.1 Å². The zero-order valence-electron chi connectivity index (χ0n) is 17.3. The normalized spacial score (nSPS) is 13.2. The molecule has 0 bridgehead atoms. The number of aryl methyl sites for hydroxylation is 1. The predicted octanol–water partition coefficient (Wildman–Crippen LogP) is 0.706. The highest BCUT2D eigenvalue weighted by Crippen LogP contribution is 2.16. The fraction of sp³-hybridized carbons (Fsp3) is 0.400. The Balaban J connectivity index is 1.57. The fourth-order valence-electron chi connectivity index (χ4n) is 2.96. The lowest BCUT2D eigenvalue weighted by Crippen LogP contribution is -2.38. The zero-order valence-corrected chi connectivity index (χ0v) is 18.1. The van der Waals surface area contributed by atoms with E-state index < -0.39 is 29.2 Å². The second-order valence-electron chi connectivity index (χ2n) is 7.22. The largest absolute Gasteiger partial charge is 0.493 e. The molecule has 166 valence electrons. The molecule has 3 aromatic rings. The van der Waals surface area contributed by atoms with Crippen molar-refractivity contribution >= 4 is 28.7 Å². The van der Waals surface area contributed by atoms with Gasteiger partial charge in [-0.25, -0.2) is 9.78 Å². The minimum atomic E-state index is -1.08. The average molecular weight is 451 g/mol. The van der Waals surface area contributed by atoms with Crippen LogP contribution in [0.1, 0.15) is 6.92 Å². The lowest BCUT2D eigenvalue weighted by atomic mass is 10.2. The number of hydrogen-bond acceptors (Lipinski definition) is 7. The topological polar surface area (TPSA) is 118 Å². The van der Waals surface area contributed by atoms with E-state index in [2.05, 4.69) is 4.98 Å². The van der Waals surface area contributed by atoms with Crippen molar-refractivity contribution in [2.45, 2.75) is 19.6 Å². The van der Waals surface area contributed by atoms with Gasteiger partial charge in [-0.3, -0.25) is 18.7 Å². The molecule has 0 aliphatic carbocycles. The third-order valence-corrected chi connectivity index (χ3v) is 5.01. The number of halogens is 1. The van der Waals surface area contributed by atoms with Crippen LogP contribution in [0.4, 0.5) is 0 Å². The number of hydrogen-bond donors (Lipinski definition) is 1. The highest BCUT2D eigenvalue weighted by atomic mass is 35.5. The van der Waals surface area contributed by atoms with Gasteiger partial charge in [-0.1, -0.05) is 11.6 Å². The third kappa shape index (κ3) is 4.97. The van der Waals surface area contributed by atoms with E-state index in [1.807, 2.05) is 0 Å². The number of aliphatic hydroxyl groups is 1. The Hall–Kier alpha value is -3.11. The number of fused-ring (bicyclic) bond motifs is 1. The molecule has 10 nitrogen and oxygen atoms in total. The summed E-state index contributed by atoms with van der Waals surface area (Å²) in [5.41, 5.74) is -0.621. The van der Waals surface area contributed by atoms with Gasteiger partial charge in [0.25, 0.3) is 5.56 Å². The molecule has 2 aromatic heterocycles. The number of esters is 1. The zero-order chi connectivity index (χ0) is 22.7. The van der Waals surface area contributed by atoms with Gasteiger partial charge in [0.1, 0.15) is 25.1 Å². The van der Waals surface area contributed by atoms with E-state index in [4.69, 9.17) is 21.1 Å². The minimum Gasteiger partial charge on any atom is -0.493 e. The summed E-state index contributed by atoms with van der Waals surface area (Å²) < 4.78 is 14.4. The fourth-order valence-corrected chi connectivity index (χ4v) is 3.08. The maximum atomic E-state index is 12.4. The molecule has 2 heterocycles. The Morgan fingerprint density at radius 3 is 2.52 bits per heavy atom. The molecule has 2 atom stereocenters. The Morgan fingerprint density at radius 1 is 1.16 bits per heavy atom. The highest BCUT2D eigenvalue weighted by Gasteiger charge is 2.19. The van der Waals surface area contributed by atoms with E-state index in [0.717, 1.165) is 4.57 Å². The average Bonchev–Trinajstić information content (AvgIpc) is 3.17. The van der Waals surface area contributed by atoms with Crippen molar-refractivity contribution in [1.29, 1.82) is 0 Å². The highest BCUT2D eigenvalue weighted by molar-refractivity contribution is 6.30. The molecule has 0 fully saturated rings. The summed E-state index contributed by atoms with van der Waals surface area (Å²) in [6.07, 6.45) is 0.284. The van der Waals surface area contributed by atoms with Gasteiger partial charge in [-0.2, -0.15) is 0 Å². The molecule has 0 saturated heterocycles. The Kier molecular flexibility index (Phi) is 6.81. The van der Waals surface area contributed by atoms with Gasteiger partial charge in [-0.05, 0) is 31.2 Å². The second-order valence-corrected chi connectivity index (χ2v) is 7.66. The lowest BCUT2D eigenvalue weighted by Gasteiger charge is -2.16. The molecular formula is C20H23ClN4O6. The quantitative estimate of drug-likeness (QED) is 0.502. The number of nitrogens with zero attached hydrogens (tertiary/aromatic N) is 4. The third-order valence-electron chi connectivity index (χ3n) is 4.76. The number of ether oxygens (including phenoxy) is 2. The van der Waals surface area contributed by atoms with Gasteiger partial charge in [0.05, 0.1) is 18.8 Å². The van der Waals surface area contributed by atoms with Crippen molar-refractivity contribution in [3.63, 3.8) is 0 Å². The molecule has 1 N–H and O–H groups in total. The molecule has 3 rings (SSSR count). The lowest BCUT2D eigenvalue weighted by molar-refractivity contribution is -0.152. The first-order valence-corrected chi connectivity index (χ1v) is 9.90. The monoisotopic (exact) mass is 450 g/mol. The summed E-state index contributed by atoms with van der Waals surface area (Å²) in [6, 6.07) is 6.75. The van der Waals surface area contributed by atoms with Crippen LogP contribution in [-0.2, 0) is 30.2 Å². The van der Waals surface area contributed by atoms with E-state index in [9.17, 15) is 19.5 Å². The van der Waals surface area contributed by atoms with E-state index in [1.54, 1.807) is 31.2 Å². The molecule has 0 amide bonds. The summed E-state index contributed by atoms with van der Waals surface area (Å²) in [5, 5.41) is 10.9. The Bertz CT molecular complexity index is 1200. The molecule has 0 aliphatic rings. The Morgan fingerprint density at radius 2 is 1.84 bits per heavy atom. The van der Waals surface area contributed by atoms with Crippen molar-refractivity contribution in [3.05, 3.63) is 56.5 Å². The minimum absolute atomic E-state index is 0.0348. The van der Waals surface area contributed by atoms with E-state index >= 15 is 0 Å². The second kappa shape index (κ2) is 9.36. The number of benzene rings is 1. The summed E-state index contributed by atoms with van der Waals surface area (Å²) in [5.74, 6) is -0.507. The Labute approximate surface area is 182 Å². The summed E-state index contributed by atoms with van der Waals surface area (Å²) in [4.78, 5) is 40.7. The van der Waals surface area contributed by atoms with Crippen LogP contribution in [0.5, 0.6) is 5.75 Å². The number of rotatable bonds is 8. The van der Waals surface area contributed by atoms with Crippen LogP contribution < -0.4 is 16.0 Å².